The molecule has 0 saturated carbocycles. The predicted molar refractivity (Wildman–Crippen MR) is 97.7 cm³/mol. The van der Waals surface area contributed by atoms with Crippen molar-refractivity contribution in [2.75, 3.05) is 33.4 Å². The second kappa shape index (κ2) is 11.0. The Morgan fingerprint density at radius 2 is 2.24 bits per heavy atom. The second-order valence-corrected chi connectivity index (χ2v) is 6.10. The molecule has 1 aromatic rings. The van der Waals surface area contributed by atoms with Crippen molar-refractivity contribution in [1.29, 1.82) is 0 Å². The normalized spacial score (nSPS) is 17.4. The van der Waals surface area contributed by atoms with Gasteiger partial charge in [0.15, 0.2) is 11.8 Å². The van der Waals surface area contributed by atoms with Crippen molar-refractivity contribution in [3.05, 3.63) is 11.6 Å². The van der Waals surface area contributed by atoms with Crippen molar-refractivity contribution in [2.24, 2.45) is 4.99 Å². The number of aromatic nitrogens is 3. The summed E-state index contributed by atoms with van der Waals surface area (Å²) in [4.78, 5) is 9.19. The van der Waals surface area contributed by atoms with Crippen LogP contribution in [0.2, 0.25) is 0 Å². The number of guanidine groups is 1. The minimum atomic E-state index is 0.311. The Morgan fingerprint density at radius 1 is 1.36 bits per heavy atom. The first-order valence-electron chi connectivity index (χ1n) is 9.30. The average Bonchev–Trinajstić information content (AvgIpc) is 3.00. The summed E-state index contributed by atoms with van der Waals surface area (Å²) in [5.41, 5.74) is 0. The van der Waals surface area contributed by atoms with Crippen LogP contribution >= 0.6 is 0 Å². The number of fused-ring (bicyclic) bond motifs is 1. The first kappa shape index (κ1) is 19.7. The minimum absolute atomic E-state index is 0.311. The highest BCUT2D eigenvalue weighted by molar-refractivity contribution is 5.80. The fourth-order valence-corrected chi connectivity index (χ4v) is 2.83. The Balaban J connectivity index is 1.82. The van der Waals surface area contributed by atoms with Crippen LogP contribution in [0.1, 0.15) is 44.8 Å². The summed E-state index contributed by atoms with van der Waals surface area (Å²) in [5.74, 6) is 2.68. The third kappa shape index (κ3) is 6.62. The van der Waals surface area contributed by atoms with E-state index in [-0.39, 0.29) is 0 Å². The van der Waals surface area contributed by atoms with Crippen molar-refractivity contribution in [2.45, 2.75) is 58.7 Å². The summed E-state index contributed by atoms with van der Waals surface area (Å²) in [6.45, 7) is 8.63. The molecule has 0 amide bonds. The van der Waals surface area contributed by atoms with Crippen LogP contribution in [-0.2, 0) is 29.0 Å². The quantitative estimate of drug-likeness (QED) is 0.373. The van der Waals surface area contributed by atoms with E-state index in [1.165, 1.54) is 0 Å². The van der Waals surface area contributed by atoms with Crippen LogP contribution in [0.15, 0.2) is 4.99 Å². The number of methoxy groups -OCH3 is 1. The summed E-state index contributed by atoms with van der Waals surface area (Å²) in [6, 6.07) is 0.311. The molecule has 0 spiro atoms. The molecule has 1 aliphatic rings. The van der Waals surface area contributed by atoms with Gasteiger partial charge in [0.25, 0.3) is 0 Å². The number of hydrogen-bond donors (Lipinski definition) is 2. The van der Waals surface area contributed by atoms with Gasteiger partial charge in [0.2, 0.25) is 0 Å². The van der Waals surface area contributed by atoms with Crippen molar-refractivity contribution in [3.8, 4) is 0 Å². The Bertz CT molecular complexity index is 531. The van der Waals surface area contributed by atoms with Crippen molar-refractivity contribution in [1.82, 2.24) is 25.4 Å². The summed E-state index contributed by atoms with van der Waals surface area (Å²) in [6.07, 6.45) is 4.03. The van der Waals surface area contributed by atoms with E-state index in [9.17, 15) is 0 Å². The zero-order valence-corrected chi connectivity index (χ0v) is 15.8. The summed E-state index contributed by atoms with van der Waals surface area (Å²) < 4.78 is 12.5. The summed E-state index contributed by atoms with van der Waals surface area (Å²) >= 11 is 0. The van der Waals surface area contributed by atoms with E-state index >= 15 is 0 Å². The SMILES string of the molecule is CCNC(=NCCCCOCC)NC1CCc2nc(COC)nn2C1. The number of ether oxygens (including phenoxy) is 2. The molecule has 1 aromatic heterocycles. The standard InChI is InChI=1S/C17H32N6O2/c1-4-18-17(19-10-6-7-11-25-5-2)20-14-8-9-16-21-15(13-24-3)22-23(16)12-14/h14H,4-13H2,1-3H3,(H2,18,19,20). The number of unbranched alkanes of at least 4 members (excludes halogenated alkanes) is 1. The van der Waals surface area contributed by atoms with Gasteiger partial charge in [-0.2, -0.15) is 5.10 Å². The zero-order valence-electron chi connectivity index (χ0n) is 15.8. The maximum absolute atomic E-state index is 5.36. The number of hydrogen-bond acceptors (Lipinski definition) is 5. The molecular formula is C17H32N6O2. The third-order valence-corrected chi connectivity index (χ3v) is 4.03. The van der Waals surface area contributed by atoms with Crippen LogP contribution in [0, 0.1) is 0 Å². The third-order valence-electron chi connectivity index (χ3n) is 4.03. The van der Waals surface area contributed by atoms with E-state index in [2.05, 4.69) is 32.6 Å². The maximum atomic E-state index is 5.36. The van der Waals surface area contributed by atoms with Gasteiger partial charge in [-0.3, -0.25) is 4.99 Å². The molecule has 25 heavy (non-hydrogen) atoms. The van der Waals surface area contributed by atoms with Crippen LogP contribution < -0.4 is 10.6 Å². The first-order chi connectivity index (χ1) is 12.3. The van der Waals surface area contributed by atoms with E-state index in [1.54, 1.807) is 7.11 Å². The van der Waals surface area contributed by atoms with Gasteiger partial charge in [-0.15, -0.1) is 0 Å². The lowest BCUT2D eigenvalue weighted by atomic mass is 10.1. The van der Waals surface area contributed by atoms with Gasteiger partial charge in [-0.05, 0) is 33.1 Å². The Labute approximate surface area is 150 Å². The summed E-state index contributed by atoms with van der Waals surface area (Å²) in [7, 11) is 1.66. The lowest BCUT2D eigenvalue weighted by Crippen LogP contribution is -2.47. The number of aliphatic imine (C=N–C) groups is 1. The largest absolute Gasteiger partial charge is 0.382 e. The zero-order chi connectivity index (χ0) is 17.9. The molecule has 1 unspecified atom stereocenters. The van der Waals surface area contributed by atoms with E-state index in [0.29, 0.717) is 12.6 Å². The fraction of sp³-hybridized carbons (Fsp3) is 0.824. The first-order valence-corrected chi connectivity index (χ1v) is 9.30. The van der Waals surface area contributed by atoms with Gasteiger partial charge in [-0.1, -0.05) is 0 Å². The topological polar surface area (TPSA) is 85.6 Å². The number of nitrogens with one attached hydrogen (secondary N) is 2. The molecule has 2 heterocycles. The van der Waals surface area contributed by atoms with Gasteiger partial charge in [0.1, 0.15) is 12.4 Å². The smallest absolute Gasteiger partial charge is 0.191 e. The lowest BCUT2D eigenvalue weighted by Gasteiger charge is -2.25. The van der Waals surface area contributed by atoms with Crippen LogP contribution in [-0.4, -0.2) is 60.2 Å². The van der Waals surface area contributed by atoms with E-state index < -0.39 is 0 Å². The molecule has 1 aliphatic heterocycles. The monoisotopic (exact) mass is 352 g/mol. The average molecular weight is 352 g/mol. The lowest BCUT2D eigenvalue weighted by molar-refractivity contribution is 0.144. The Morgan fingerprint density at radius 3 is 3.00 bits per heavy atom. The van der Waals surface area contributed by atoms with E-state index in [1.807, 2.05) is 11.6 Å². The van der Waals surface area contributed by atoms with Gasteiger partial charge in [0.05, 0.1) is 6.54 Å². The molecule has 2 N–H and O–H groups in total. The molecule has 0 saturated heterocycles. The fourth-order valence-electron chi connectivity index (χ4n) is 2.83. The number of aryl methyl sites for hydroxylation is 1. The van der Waals surface area contributed by atoms with E-state index in [4.69, 9.17) is 9.47 Å². The predicted octanol–water partition coefficient (Wildman–Crippen LogP) is 1.11. The van der Waals surface area contributed by atoms with Crippen molar-refractivity contribution >= 4 is 5.96 Å². The van der Waals surface area contributed by atoms with E-state index in [0.717, 1.165) is 76.1 Å². The van der Waals surface area contributed by atoms with Crippen LogP contribution in [0.3, 0.4) is 0 Å². The van der Waals surface area contributed by atoms with Crippen LogP contribution in [0.5, 0.6) is 0 Å². The molecular weight excluding hydrogens is 320 g/mol. The van der Waals surface area contributed by atoms with Crippen molar-refractivity contribution in [3.63, 3.8) is 0 Å². The number of rotatable bonds is 10. The molecule has 8 nitrogen and oxygen atoms in total. The molecule has 0 bridgehead atoms. The molecule has 0 aromatic carbocycles. The highest BCUT2D eigenvalue weighted by atomic mass is 16.5. The van der Waals surface area contributed by atoms with Gasteiger partial charge >= 0.3 is 0 Å². The molecule has 8 heteroatoms. The van der Waals surface area contributed by atoms with Gasteiger partial charge in [0, 0.05) is 45.9 Å². The highest BCUT2D eigenvalue weighted by Gasteiger charge is 2.22. The number of nitrogens with zero attached hydrogens (tertiary/aromatic N) is 4. The molecule has 142 valence electrons. The second-order valence-electron chi connectivity index (χ2n) is 6.10. The van der Waals surface area contributed by atoms with Gasteiger partial charge in [-0.25, -0.2) is 9.67 Å². The van der Waals surface area contributed by atoms with Crippen LogP contribution in [0.25, 0.3) is 0 Å². The van der Waals surface area contributed by atoms with Crippen molar-refractivity contribution < 1.29 is 9.47 Å². The summed E-state index contributed by atoms with van der Waals surface area (Å²) in [5, 5.41) is 11.4. The maximum Gasteiger partial charge on any atom is 0.191 e. The highest BCUT2D eigenvalue weighted by Crippen LogP contribution is 2.13. The van der Waals surface area contributed by atoms with Crippen LogP contribution in [0.4, 0.5) is 0 Å². The molecule has 0 fully saturated rings. The van der Waals surface area contributed by atoms with Gasteiger partial charge < -0.3 is 20.1 Å². The molecule has 1 atom stereocenters. The minimum Gasteiger partial charge on any atom is -0.382 e. The molecule has 0 aliphatic carbocycles. The molecule has 2 rings (SSSR count). The Kier molecular flexibility index (Phi) is 8.68. The molecule has 0 radical (unpaired) electrons. The Hall–Kier alpha value is -1.67.